The van der Waals surface area contributed by atoms with Crippen molar-refractivity contribution in [3.63, 3.8) is 0 Å². The van der Waals surface area contributed by atoms with Crippen LogP contribution in [0.1, 0.15) is 47.9 Å². The van der Waals surface area contributed by atoms with Crippen LogP contribution in [0.4, 0.5) is 10.5 Å². The summed E-state index contributed by atoms with van der Waals surface area (Å²) in [6.07, 6.45) is 6.12. The van der Waals surface area contributed by atoms with Crippen molar-refractivity contribution in [3.8, 4) is 5.88 Å². The number of anilines is 1. The zero-order chi connectivity index (χ0) is 21.8. The van der Waals surface area contributed by atoms with Gasteiger partial charge in [0.05, 0.1) is 19.3 Å². The number of aromatic nitrogens is 2. The Bertz CT molecular complexity index is 1160. The normalized spacial score (nSPS) is 22.9. The minimum atomic E-state index is -3.63. The van der Waals surface area contributed by atoms with Gasteiger partial charge in [-0.1, -0.05) is 6.07 Å². The van der Waals surface area contributed by atoms with E-state index in [1.54, 1.807) is 11.8 Å². The highest BCUT2D eigenvalue weighted by molar-refractivity contribution is 7.91. The Morgan fingerprint density at radius 1 is 1.39 bits per heavy atom. The van der Waals surface area contributed by atoms with E-state index in [1.807, 2.05) is 6.92 Å². The van der Waals surface area contributed by atoms with Gasteiger partial charge >= 0.3 is 6.03 Å². The average molecular weight is 446 g/mol. The molecule has 2 amide bonds. The lowest BCUT2D eigenvalue weighted by atomic mass is 9.94. The topological polar surface area (TPSA) is 118 Å². The minimum Gasteiger partial charge on any atom is -0.472 e. The molecule has 3 unspecified atom stereocenters. The number of carbonyl (C=O) groups excluding carboxylic acids is 1. The van der Waals surface area contributed by atoms with Crippen LogP contribution in [0.25, 0.3) is 0 Å². The number of hydrogen-bond acceptors (Lipinski definition) is 6. The molecule has 0 radical (unpaired) electrons. The van der Waals surface area contributed by atoms with Crippen molar-refractivity contribution >= 4 is 21.6 Å². The number of fused-ring (bicyclic) bond motifs is 3. The van der Waals surface area contributed by atoms with Crippen LogP contribution in [-0.4, -0.2) is 39.8 Å². The highest BCUT2D eigenvalue weighted by Crippen LogP contribution is 2.44. The number of nitrogens with zero attached hydrogens (tertiary/aromatic N) is 2. The smallest absolute Gasteiger partial charge is 0.331 e. The largest absolute Gasteiger partial charge is 0.472 e. The predicted octanol–water partition coefficient (Wildman–Crippen LogP) is 2.97. The molecular weight excluding hydrogens is 418 g/mol. The van der Waals surface area contributed by atoms with E-state index in [4.69, 9.17) is 14.3 Å². The van der Waals surface area contributed by atoms with Crippen LogP contribution in [-0.2, 0) is 40.5 Å². The summed E-state index contributed by atoms with van der Waals surface area (Å²) >= 11 is 0. The van der Waals surface area contributed by atoms with Crippen LogP contribution in [0.5, 0.6) is 5.88 Å². The molecule has 1 aromatic heterocycles. The number of methoxy groups -OCH3 is 1. The molecule has 3 aliphatic rings. The van der Waals surface area contributed by atoms with Gasteiger partial charge in [0.2, 0.25) is 5.88 Å². The van der Waals surface area contributed by atoms with Gasteiger partial charge in [-0.3, -0.25) is 0 Å². The van der Waals surface area contributed by atoms with Gasteiger partial charge in [0.25, 0.3) is 0 Å². The molecule has 2 aliphatic carbocycles. The standard InChI is InChI=1S/C21H27N5O4S/c1-12-10-26-20(30-12)17(9-23-26)31(22,28)25-21(27)24-19-16-5-3-4-13(16)8-14-6-7-15(11-29-2)18(14)19/h8-9,12,15H,3-7,10-11H2,1-2H3,(H3,22,24,25,27,28). The van der Waals surface area contributed by atoms with E-state index < -0.39 is 15.9 Å². The first kappa shape index (κ1) is 20.3. The molecule has 0 fully saturated rings. The molecule has 3 atom stereocenters. The predicted molar refractivity (Wildman–Crippen MR) is 115 cm³/mol. The Balaban J connectivity index is 1.43. The Kier molecular flexibility index (Phi) is 4.93. The number of carbonyl (C=O) groups is 1. The molecule has 2 aromatic rings. The molecule has 1 aliphatic heterocycles. The van der Waals surface area contributed by atoms with E-state index in [0.29, 0.717) is 13.2 Å². The Hall–Kier alpha value is -2.59. The van der Waals surface area contributed by atoms with Gasteiger partial charge in [0.15, 0.2) is 9.92 Å². The summed E-state index contributed by atoms with van der Waals surface area (Å²) in [5.74, 6) is 0.504. The number of urea groups is 1. The third kappa shape index (κ3) is 3.47. The van der Waals surface area contributed by atoms with Crippen molar-refractivity contribution in [2.45, 2.75) is 62.5 Å². The van der Waals surface area contributed by atoms with E-state index in [0.717, 1.165) is 48.9 Å². The minimum absolute atomic E-state index is 0.0905. The van der Waals surface area contributed by atoms with Gasteiger partial charge in [-0.25, -0.2) is 23.2 Å². The SMILES string of the molecule is COCC1CCc2cc3c(c(NC(=O)NS(=N)(=O)c4cnn5c4OC(C)C5)c21)CCC3. The molecule has 9 nitrogen and oxygen atoms in total. The van der Waals surface area contributed by atoms with Crippen molar-refractivity contribution in [2.24, 2.45) is 0 Å². The summed E-state index contributed by atoms with van der Waals surface area (Å²) in [5, 5.41) is 7.09. The molecular formula is C21H27N5O4S. The molecule has 3 N–H and O–H groups in total. The van der Waals surface area contributed by atoms with Gasteiger partial charge in [0.1, 0.15) is 11.0 Å². The molecule has 166 valence electrons. The van der Waals surface area contributed by atoms with Crippen molar-refractivity contribution in [2.75, 3.05) is 19.0 Å². The number of aryl methyl sites for hydroxylation is 2. The Labute approximate surface area is 181 Å². The summed E-state index contributed by atoms with van der Waals surface area (Å²) in [5.41, 5.74) is 5.61. The van der Waals surface area contributed by atoms with E-state index in [9.17, 15) is 9.00 Å². The summed E-state index contributed by atoms with van der Waals surface area (Å²) in [7, 11) is -1.94. The molecule has 1 aromatic carbocycles. The van der Waals surface area contributed by atoms with Gasteiger partial charge in [-0.05, 0) is 61.3 Å². The van der Waals surface area contributed by atoms with Crippen LogP contribution >= 0.6 is 0 Å². The van der Waals surface area contributed by atoms with Crippen LogP contribution in [0.3, 0.4) is 0 Å². The van der Waals surface area contributed by atoms with Crippen LogP contribution in [0, 0.1) is 4.78 Å². The molecule has 10 heteroatoms. The van der Waals surface area contributed by atoms with Gasteiger partial charge in [-0.2, -0.15) is 5.10 Å². The lowest BCUT2D eigenvalue weighted by molar-refractivity contribution is 0.179. The summed E-state index contributed by atoms with van der Waals surface area (Å²) < 4.78 is 36.4. The van der Waals surface area contributed by atoms with Crippen molar-refractivity contribution in [3.05, 3.63) is 34.5 Å². The number of benzene rings is 1. The third-order valence-electron chi connectivity index (χ3n) is 6.35. The average Bonchev–Trinajstić information content (AvgIpc) is 3.45. The first-order valence-electron chi connectivity index (χ1n) is 10.6. The summed E-state index contributed by atoms with van der Waals surface area (Å²) in [6.45, 7) is 2.99. The first-order valence-corrected chi connectivity index (χ1v) is 12.2. The third-order valence-corrected chi connectivity index (χ3v) is 7.72. The van der Waals surface area contributed by atoms with Crippen molar-refractivity contribution < 1.29 is 18.5 Å². The maximum absolute atomic E-state index is 13.1. The zero-order valence-electron chi connectivity index (χ0n) is 17.7. The second kappa shape index (κ2) is 7.52. The highest BCUT2D eigenvalue weighted by Gasteiger charge is 2.33. The summed E-state index contributed by atoms with van der Waals surface area (Å²) in [4.78, 5) is 13.0. The second-order valence-electron chi connectivity index (χ2n) is 8.54. The number of ether oxygens (including phenoxy) is 2. The molecule has 0 saturated carbocycles. The lowest BCUT2D eigenvalue weighted by Gasteiger charge is -2.20. The number of hydrogen-bond donors (Lipinski definition) is 3. The maximum atomic E-state index is 13.1. The zero-order valence-corrected chi connectivity index (χ0v) is 18.5. The molecule has 5 rings (SSSR count). The molecule has 2 heterocycles. The fraction of sp³-hybridized carbons (Fsp3) is 0.524. The van der Waals surface area contributed by atoms with E-state index in [1.165, 1.54) is 17.3 Å². The maximum Gasteiger partial charge on any atom is 0.331 e. The van der Waals surface area contributed by atoms with Crippen LogP contribution < -0.4 is 14.8 Å². The van der Waals surface area contributed by atoms with Gasteiger partial charge in [-0.15, -0.1) is 0 Å². The monoisotopic (exact) mass is 445 g/mol. The van der Waals surface area contributed by atoms with Crippen molar-refractivity contribution in [1.29, 1.82) is 4.78 Å². The number of rotatable bonds is 5. The second-order valence-corrected chi connectivity index (χ2v) is 10.3. The van der Waals surface area contributed by atoms with Crippen molar-refractivity contribution in [1.82, 2.24) is 14.5 Å². The lowest BCUT2D eigenvalue weighted by Crippen LogP contribution is -2.34. The number of nitrogens with one attached hydrogen (secondary N) is 3. The number of amides is 2. The van der Waals surface area contributed by atoms with Gasteiger partial charge < -0.3 is 14.8 Å². The molecule has 31 heavy (non-hydrogen) atoms. The fourth-order valence-corrected chi connectivity index (χ4v) is 6.10. The van der Waals surface area contributed by atoms with Crippen LogP contribution in [0.2, 0.25) is 0 Å². The Morgan fingerprint density at radius 3 is 3.03 bits per heavy atom. The Morgan fingerprint density at radius 2 is 2.23 bits per heavy atom. The summed E-state index contributed by atoms with van der Waals surface area (Å²) in [6, 6.07) is 1.62. The van der Waals surface area contributed by atoms with E-state index in [-0.39, 0.29) is 22.8 Å². The van der Waals surface area contributed by atoms with E-state index in [2.05, 4.69) is 21.2 Å². The quantitative estimate of drug-likeness (QED) is 0.654. The first-order chi connectivity index (χ1) is 14.9. The highest BCUT2D eigenvalue weighted by atomic mass is 32.2. The molecule has 0 spiro atoms. The fourth-order valence-electron chi connectivity index (χ4n) is 5.08. The van der Waals surface area contributed by atoms with Gasteiger partial charge in [0, 0.05) is 18.7 Å². The van der Waals surface area contributed by atoms with E-state index >= 15 is 0 Å². The molecule has 0 saturated heterocycles. The van der Waals surface area contributed by atoms with Crippen LogP contribution in [0.15, 0.2) is 17.2 Å². The molecule has 0 bridgehead atoms.